The van der Waals surface area contributed by atoms with Crippen LogP contribution in [0.2, 0.25) is 0 Å². The van der Waals surface area contributed by atoms with Crippen LogP contribution >= 0.6 is 7.82 Å². The lowest BCUT2D eigenvalue weighted by atomic mass is 10.1. The summed E-state index contributed by atoms with van der Waals surface area (Å²) >= 11 is 0. The van der Waals surface area contributed by atoms with Crippen LogP contribution in [0, 0.1) is 0 Å². The van der Waals surface area contributed by atoms with E-state index in [-0.39, 0.29) is 25.9 Å². The Balaban J connectivity index is 4.71. The van der Waals surface area contributed by atoms with E-state index >= 15 is 0 Å². The average Bonchev–Trinajstić information content (AvgIpc) is 3.53. The minimum Gasteiger partial charge on any atom is -0.462 e. The second-order valence-electron chi connectivity index (χ2n) is 22.6. The molecule has 0 saturated carbocycles. The van der Waals surface area contributed by atoms with Gasteiger partial charge >= 0.3 is 25.7 Å². The zero-order valence-corrected chi connectivity index (χ0v) is 54.7. The number of allylic oxidation sites excluding steroid dienone is 16. The summed E-state index contributed by atoms with van der Waals surface area (Å²) in [7, 11) is -4.77. The standard InChI is InChI=1S/C72H125O11P/c1-4-7-10-13-16-19-22-25-28-31-34-37-40-43-46-49-52-55-58-61-70(74)79-65-69(83-72(76)63-60-57-54-51-48-45-42-39-36-33-30-27-24-21-18-15-12-9-6-3)67-81-84(77,78)80-66-68(64-73)82-71(75)62-59-56-53-50-47-44-41-38-35-32-29-26-23-20-17-14-11-8-5-2/h9,12,16-21,25-30,36,39,68-69,73H,4-8,10-11,13-15,22-24,31-35,37-38,40-67H2,1-3H3,(H,77,78)/b12-9-,19-16-,20-17-,21-18-,28-25-,29-26-,30-27-,39-36-. The van der Waals surface area contributed by atoms with Crippen LogP contribution in [0.5, 0.6) is 0 Å². The smallest absolute Gasteiger partial charge is 0.462 e. The molecule has 0 amide bonds. The summed E-state index contributed by atoms with van der Waals surface area (Å²) in [4.78, 5) is 48.9. The highest BCUT2D eigenvalue weighted by Crippen LogP contribution is 2.43. The molecule has 0 bridgehead atoms. The van der Waals surface area contributed by atoms with Gasteiger partial charge in [-0.25, -0.2) is 4.57 Å². The second-order valence-corrected chi connectivity index (χ2v) is 24.1. The van der Waals surface area contributed by atoms with Crippen LogP contribution in [-0.4, -0.2) is 66.5 Å². The van der Waals surface area contributed by atoms with E-state index in [9.17, 15) is 28.9 Å². The van der Waals surface area contributed by atoms with Crippen molar-refractivity contribution in [3.63, 3.8) is 0 Å². The molecule has 484 valence electrons. The third-order valence-electron chi connectivity index (χ3n) is 14.5. The Labute approximate surface area is 514 Å². The van der Waals surface area contributed by atoms with Crippen LogP contribution in [0.15, 0.2) is 97.2 Å². The Kier molecular flexibility index (Phi) is 62.6. The van der Waals surface area contributed by atoms with E-state index in [1.54, 1.807) is 0 Å². The van der Waals surface area contributed by atoms with Crippen molar-refractivity contribution in [1.82, 2.24) is 0 Å². The molecule has 84 heavy (non-hydrogen) atoms. The Bertz CT molecular complexity index is 1780. The summed E-state index contributed by atoms with van der Waals surface area (Å²) in [6.07, 6.45) is 79.2. The minimum absolute atomic E-state index is 0.147. The van der Waals surface area contributed by atoms with Gasteiger partial charge in [-0.3, -0.25) is 23.4 Å². The number of carbonyl (C=O) groups excluding carboxylic acids is 3. The zero-order valence-electron chi connectivity index (χ0n) is 53.8. The molecule has 0 fully saturated rings. The third kappa shape index (κ3) is 62.9. The van der Waals surface area contributed by atoms with Crippen LogP contribution in [0.3, 0.4) is 0 Å². The number of phosphoric ester groups is 1. The van der Waals surface area contributed by atoms with Crippen molar-refractivity contribution < 1.29 is 52.2 Å². The van der Waals surface area contributed by atoms with Crippen molar-refractivity contribution in [2.75, 3.05) is 26.4 Å². The molecule has 0 aromatic heterocycles. The molecule has 0 aliphatic carbocycles. The highest BCUT2D eigenvalue weighted by molar-refractivity contribution is 7.47. The third-order valence-corrected chi connectivity index (χ3v) is 15.4. The summed E-state index contributed by atoms with van der Waals surface area (Å²) in [6.45, 7) is 4.50. The number of hydrogen-bond acceptors (Lipinski definition) is 10. The van der Waals surface area contributed by atoms with Crippen molar-refractivity contribution in [3.05, 3.63) is 97.2 Å². The number of phosphoric acid groups is 1. The molecule has 0 radical (unpaired) electrons. The number of carbonyl (C=O) groups is 3. The topological polar surface area (TPSA) is 155 Å². The van der Waals surface area contributed by atoms with Crippen molar-refractivity contribution in [2.24, 2.45) is 0 Å². The lowest BCUT2D eigenvalue weighted by Gasteiger charge is -2.21. The fourth-order valence-electron chi connectivity index (χ4n) is 9.29. The molecule has 0 aliphatic rings. The van der Waals surface area contributed by atoms with Gasteiger partial charge in [0.1, 0.15) is 12.7 Å². The van der Waals surface area contributed by atoms with Crippen LogP contribution in [0.25, 0.3) is 0 Å². The van der Waals surface area contributed by atoms with Gasteiger partial charge in [-0.1, -0.05) is 259 Å². The lowest BCUT2D eigenvalue weighted by Crippen LogP contribution is -2.30. The van der Waals surface area contributed by atoms with Gasteiger partial charge in [0.2, 0.25) is 0 Å². The maximum atomic E-state index is 13.0. The van der Waals surface area contributed by atoms with Gasteiger partial charge < -0.3 is 24.2 Å². The Hall–Kier alpha value is -3.60. The normalized spacial score (nSPS) is 13.8. The number of rotatable bonds is 63. The largest absolute Gasteiger partial charge is 0.472 e. The van der Waals surface area contributed by atoms with E-state index in [1.807, 2.05) is 0 Å². The molecule has 0 saturated heterocycles. The molecule has 3 atom stereocenters. The molecule has 0 aromatic rings. The summed E-state index contributed by atoms with van der Waals surface area (Å²) in [5.74, 6) is -1.48. The molecule has 0 aromatic carbocycles. The Morgan fingerprint density at radius 1 is 0.345 bits per heavy atom. The predicted molar refractivity (Wildman–Crippen MR) is 353 cm³/mol. The van der Waals surface area contributed by atoms with Gasteiger partial charge in [0.25, 0.3) is 0 Å². The molecule has 0 heterocycles. The van der Waals surface area contributed by atoms with Crippen LogP contribution < -0.4 is 0 Å². The number of esters is 3. The van der Waals surface area contributed by atoms with Crippen molar-refractivity contribution >= 4 is 25.7 Å². The SMILES string of the molecule is CC/C=C\C/C=C\C/C=C\C/C=C\CCCCCCCCC(=O)OC(COC(=O)CCCCCCCCCCC/C=C\C/C=C\CCCCC)COP(=O)(O)OCC(CO)OC(=O)CCCCCCCCCCC/C=C\C/C=C\CCCCC. The van der Waals surface area contributed by atoms with Crippen molar-refractivity contribution in [2.45, 2.75) is 315 Å². The van der Waals surface area contributed by atoms with Gasteiger partial charge in [-0.2, -0.15) is 0 Å². The maximum Gasteiger partial charge on any atom is 0.472 e. The Morgan fingerprint density at radius 3 is 0.952 bits per heavy atom. The maximum absolute atomic E-state index is 13.0. The first-order valence-electron chi connectivity index (χ1n) is 34.1. The molecule has 3 unspecified atom stereocenters. The number of ether oxygens (including phenoxy) is 3. The predicted octanol–water partition coefficient (Wildman–Crippen LogP) is 21.2. The van der Waals surface area contributed by atoms with Crippen LogP contribution in [0.4, 0.5) is 0 Å². The first kappa shape index (κ1) is 80.4. The fraction of sp³-hybridized carbons (Fsp3) is 0.736. The molecule has 11 nitrogen and oxygen atoms in total. The first-order valence-corrected chi connectivity index (χ1v) is 35.6. The number of aliphatic hydroxyl groups excluding tert-OH is 1. The van der Waals surface area contributed by atoms with Crippen molar-refractivity contribution in [3.8, 4) is 0 Å². The van der Waals surface area contributed by atoms with E-state index < -0.39 is 57.8 Å². The summed E-state index contributed by atoms with van der Waals surface area (Å²) in [6, 6.07) is 0. The van der Waals surface area contributed by atoms with E-state index in [4.69, 9.17) is 23.3 Å². The second kappa shape index (κ2) is 65.4. The zero-order chi connectivity index (χ0) is 61.2. The first-order chi connectivity index (χ1) is 41.2. The monoisotopic (exact) mass is 1200 g/mol. The van der Waals surface area contributed by atoms with E-state index in [1.165, 1.54) is 116 Å². The molecule has 0 spiro atoms. The summed E-state index contributed by atoms with van der Waals surface area (Å²) < 4.78 is 39.8. The highest BCUT2D eigenvalue weighted by Gasteiger charge is 2.28. The van der Waals surface area contributed by atoms with E-state index in [0.717, 1.165) is 128 Å². The van der Waals surface area contributed by atoms with Gasteiger partial charge in [-0.15, -0.1) is 0 Å². The van der Waals surface area contributed by atoms with E-state index in [0.29, 0.717) is 19.3 Å². The Morgan fingerprint density at radius 2 is 0.619 bits per heavy atom. The molecule has 2 N–H and O–H groups in total. The molecule has 12 heteroatoms. The van der Waals surface area contributed by atoms with Gasteiger partial charge in [-0.05, 0) is 122 Å². The summed E-state index contributed by atoms with van der Waals surface area (Å²) in [5.41, 5.74) is 0. The van der Waals surface area contributed by atoms with Gasteiger partial charge in [0.15, 0.2) is 6.10 Å². The molecule has 0 rings (SSSR count). The number of aliphatic hydroxyl groups is 1. The van der Waals surface area contributed by atoms with Gasteiger partial charge in [0, 0.05) is 19.3 Å². The fourth-order valence-corrected chi connectivity index (χ4v) is 10.1. The summed E-state index contributed by atoms with van der Waals surface area (Å²) in [5, 5.41) is 9.88. The average molecular weight is 1200 g/mol. The molecule has 0 aliphatic heterocycles. The van der Waals surface area contributed by atoms with Crippen LogP contribution in [0.1, 0.15) is 303 Å². The molecular weight excluding hydrogens is 1070 g/mol. The van der Waals surface area contributed by atoms with Crippen LogP contribution in [-0.2, 0) is 42.2 Å². The van der Waals surface area contributed by atoms with Gasteiger partial charge in [0.05, 0.1) is 19.8 Å². The quantitative estimate of drug-likeness (QED) is 0.0197. The molecular formula is C72H125O11P. The minimum atomic E-state index is -4.77. The van der Waals surface area contributed by atoms with Crippen molar-refractivity contribution in [1.29, 1.82) is 0 Å². The lowest BCUT2D eigenvalue weighted by molar-refractivity contribution is -0.161. The van der Waals surface area contributed by atoms with E-state index in [2.05, 4.69) is 118 Å². The number of unbranched alkanes of at least 4 members (excludes halogenated alkanes) is 30. The highest BCUT2D eigenvalue weighted by atomic mass is 31.2. The number of hydrogen-bond donors (Lipinski definition) is 2.